The summed E-state index contributed by atoms with van der Waals surface area (Å²) in [7, 11) is 0. The smallest absolute Gasteiger partial charge is 0.325 e. The van der Waals surface area contributed by atoms with Gasteiger partial charge in [-0.3, -0.25) is 10.1 Å². The molecular weight excluding hydrogens is 254 g/mol. The monoisotopic (exact) mass is 271 g/mol. The van der Waals surface area contributed by atoms with Gasteiger partial charge in [0.2, 0.25) is 0 Å². The van der Waals surface area contributed by atoms with E-state index in [2.05, 4.69) is 5.32 Å². The molecule has 0 bridgehead atoms. The van der Waals surface area contributed by atoms with Gasteiger partial charge in [-0.25, -0.2) is 0 Å². The van der Waals surface area contributed by atoms with Gasteiger partial charge < -0.3 is 10.2 Å². The molecule has 0 spiro atoms. The van der Waals surface area contributed by atoms with Crippen LogP contribution in [0.25, 0.3) is 0 Å². The minimum absolute atomic E-state index is 0.169. The Balaban J connectivity index is 2.19. The Labute approximate surface area is 117 Å². The van der Waals surface area contributed by atoms with Gasteiger partial charge in [-0.05, 0) is 30.2 Å². The SMILES string of the molecule is CC(NC(C(=O)O)c1ccccc1)c1cccc(O)c1. The first kappa shape index (κ1) is 14.1. The van der Waals surface area contributed by atoms with Crippen LogP contribution in [-0.4, -0.2) is 16.2 Å². The van der Waals surface area contributed by atoms with Crippen molar-refractivity contribution in [3.63, 3.8) is 0 Å². The maximum absolute atomic E-state index is 11.4. The first-order chi connectivity index (χ1) is 9.58. The highest BCUT2D eigenvalue weighted by Gasteiger charge is 2.21. The van der Waals surface area contributed by atoms with Crippen LogP contribution in [0.5, 0.6) is 5.75 Å². The summed E-state index contributed by atoms with van der Waals surface area (Å²) in [5.41, 5.74) is 1.54. The van der Waals surface area contributed by atoms with Crippen molar-refractivity contribution in [2.75, 3.05) is 0 Å². The molecule has 2 unspecified atom stereocenters. The van der Waals surface area contributed by atoms with Crippen LogP contribution in [0.1, 0.15) is 30.1 Å². The first-order valence-corrected chi connectivity index (χ1v) is 6.40. The fraction of sp³-hybridized carbons (Fsp3) is 0.188. The number of carboxylic acids is 1. The lowest BCUT2D eigenvalue weighted by atomic mass is 10.0. The number of hydrogen-bond donors (Lipinski definition) is 3. The Morgan fingerprint density at radius 2 is 1.70 bits per heavy atom. The molecule has 2 aromatic rings. The predicted octanol–water partition coefficient (Wildman–Crippen LogP) is 2.87. The minimum Gasteiger partial charge on any atom is -0.508 e. The van der Waals surface area contributed by atoms with Gasteiger partial charge in [0, 0.05) is 6.04 Å². The Morgan fingerprint density at radius 3 is 2.30 bits per heavy atom. The van der Waals surface area contributed by atoms with Gasteiger partial charge in [-0.15, -0.1) is 0 Å². The van der Waals surface area contributed by atoms with E-state index in [9.17, 15) is 15.0 Å². The van der Waals surface area contributed by atoms with Gasteiger partial charge in [-0.2, -0.15) is 0 Å². The normalized spacial score (nSPS) is 13.7. The predicted molar refractivity (Wildman–Crippen MR) is 76.5 cm³/mol. The van der Waals surface area contributed by atoms with Crippen molar-refractivity contribution in [1.82, 2.24) is 5.32 Å². The van der Waals surface area contributed by atoms with Crippen molar-refractivity contribution in [3.05, 3.63) is 65.7 Å². The number of phenols is 1. The van der Waals surface area contributed by atoms with Crippen molar-refractivity contribution in [2.45, 2.75) is 19.0 Å². The molecule has 2 aromatic carbocycles. The molecular formula is C16H17NO3. The fourth-order valence-corrected chi connectivity index (χ4v) is 2.10. The van der Waals surface area contributed by atoms with Crippen LogP contribution >= 0.6 is 0 Å². The molecule has 104 valence electrons. The van der Waals surface area contributed by atoms with Gasteiger partial charge >= 0.3 is 5.97 Å². The lowest BCUT2D eigenvalue weighted by molar-refractivity contribution is -0.139. The Bertz CT molecular complexity index is 583. The van der Waals surface area contributed by atoms with Gasteiger partial charge in [-0.1, -0.05) is 42.5 Å². The Morgan fingerprint density at radius 1 is 1.05 bits per heavy atom. The summed E-state index contributed by atoms with van der Waals surface area (Å²) in [6, 6.07) is 14.9. The molecule has 0 radical (unpaired) electrons. The molecule has 0 amide bonds. The number of benzene rings is 2. The maximum atomic E-state index is 11.4. The van der Waals surface area contributed by atoms with Crippen LogP contribution in [0, 0.1) is 0 Å². The molecule has 20 heavy (non-hydrogen) atoms. The largest absolute Gasteiger partial charge is 0.508 e. The van der Waals surface area contributed by atoms with Gasteiger partial charge in [0.15, 0.2) is 0 Å². The zero-order valence-corrected chi connectivity index (χ0v) is 11.2. The van der Waals surface area contributed by atoms with E-state index < -0.39 is 12.0 Å². The van der Waals surface area contributed by atoms with E-state index >= 15 is 0 Å². The quantitative estimate of drug-likeness (QED) is 0.782. The van der Waals surface area contributed by atoms with Crippen LogP contribution in [0.2, 0.25) is 0 Å². The summed E-state index contributed by atoms with van der Waals surface area (Å²) in [5.74, 6) is -0.758. The van der Waals surface area contributed by atoms with Gasteiger partial charge in [0.25, 0.3) is 0 Å². The van der Waals surface area contributed by atoms with E-state index in [1.165, 1.54) is 0 Å². The second kappa shape index (κ2) is 6.21. The summed E-state index contributed by atoms with van der Waals surface area (Å²) in [5, 5.41) is 21.9. The summed E-state index contributed by atoms with van der Waals surface area (Å²) in [6.07, 6.45) is 0. The van der Waals surface area contributed by atoms with Crippen molar-refractivity contribution in [1.29, 1.82) is 0 Å². The third-order valence-corrected chi connectivity index (χ3v) is 3.17. The van der Waals surface area contributed by atoms with Crippen LogP contribution in [-0.2, 0) is 4.79 Å². The molecule has 2 atom stereocenters. The number of hydrogen-bond acceptors (Lipinski definition) is 3. The molecule has 0 aliphatic rings. The molecule has 0 saturated heterocycles. The van der Waals surface area contributed by atoms with Crippen LogP contribution in [0.3, 0.4) is 0 Å². The van der Waals surface area contributed by atoms with Crippen molar-refractivity contribution in [2.24, 2.45) is 0 Å². The average molecular weight is 271 g/mol. The Hall–Kier alpha value is -2.33. The molecule has 4 nitrogen and oxygen atoms in total. The second-order valence-corrected chi connectivity index (χ2v) is 4.67. The number of carboxylic acid groups (broad SMARTS) is 1. The van der Waals surface area contributed by atoms with Crippen molar-refractivity contribution in [3.8, 4) is 5.75 Å². The Kier molecular flexibility index (Phi) is 4.38. The van der Waals surface area contributed by atoms with E-state index in [-0.39, 0.29) is 11.8 Å². The van der Waals surface area contributed by atoms with E-state index in [1.54, 1.807) is 30.3 Å². The van der Waals surface area contributed by atoms with E-state index in [0.29, 0.717) is 5.56 Å². The van der Waals surface area contributed by atoms with Crippen molar-refractivity contribution >= 4 is 5.97 Å². The third-order valence-electron chi connectivity index (χ3n) is 3.17. The van der Waals surface area contributed by atoms with Crippen molar-refractivity contribution < 1.29 is 15.0 Å². The molecule has 0 heterocycles. The minimum atomic E-state index is -0.928. The van der Waals surface area contributed by atoms with Crippen LogP contribution in [0.15, 0.2) is 54.6 Å². The first-order valence-electron chi connectivity index (χ1n) is 6.40. The lowest BCUT2D eigenvalue weighted by Gasteiger charge is -2.21. The number of aromatic hydroxyl groups is 1. The highest BCUT2D eigenvalue weighted by molar-refractivity contribution is 5.75. The molecule has 0 saturated carbocycles. The third kappa shape index (κ3) is 3.36. The number of nitrogens with one attached hydrogen (secondary N) is 1. The van der Waals surface area contributed by atoms with E-state index in [0.717, 1.165) is 5.56 Å². The summed E-state index contributed by atoms with van der Waals surface area (Å²) in [6.45, 7) is 1.87. The van der Waals surface area contributed by atoms with Crippen LogP contribution in [0.4, 0.5) is 0 Å². The summed E-state index contributed by atoms with van der Waals surface area (Å²) >= 11 is 0. The number of rotatable bonds is 5. The maximum Gasteiger partial charge on any atom is 0.325 e. The molecule has 2 rings (SSSR count). The average Bonchev–Trinajstić information content (AvgIpc) is 2.45. The zero-order valence-electron chi connectivity index (χ0n) is 11.2. The zero-order chi connectivity index (χ0) is 14.5. The summed E-state index contributed by atoms with van der Waals surface area (Å²) < 4.78 is 0. The highest BCUT2D eigenvalue weighted by atomic mass is 16.4. The number of carbonyl (C=O) groups is 1. The number of aliphatic carboxylic acids is 1. The summed E-state index contributed by atoms with van der Waals surface area (Å²) in [4.78, 5) is 11.4. The topological polar surface area (TPSA) is 69.6 Å². The van der Waals surface area contributed by atoms with Gasteiger partial charge in [0.05, 0.1) is 0 Å². The van der Waals surface area contributed by atoms with Crippen LogP contribution < -0.4 is 5.32 Å². The fourth-order valence-electron chi connectivity index (χ4n) is 2.10. The molecule has 3 N–H and O–H groups in total. The van der Waals surface area contributed by atoms with E-state index in [1.807, 2.05) is 31.2 Å². The van der Waals surface area contributed by atoms with E-state index in [4.69, 9.17) is 0 Å². The molecule has 4 heteroatoms. The standard InChI is InChI=1S/C16H17NO3/c1-11(13-8-5-9-14(18)10-13)17-15(16(19)20)12-6-3-2-4-7-12/h2-11,15,17-18H,1H3,(H,19,20). The van der Waals surface area contributed by atoms with Gasteiger partial charge in [0.1, 0.15) is 11.8 Å². The molecule has 0 fully saturated rings. The lowest BCUT2D eigenvalue weighted by Crippen LogP contribution is -2.30. The number of phenolic OH excluding ortho intramolecular Hbond substituents is 1. The highest BCUT2D eigenvalue weighted by Crippen LogP contribution is 2.22. The second-order valence-electron chi connectivity index (χ2n) is 4.67. The molecule has 0 aliphatic carbocycles. The molecule has 0 aromatic heterocycles. The molecule has 0 aliphatic heterocycles.